The van der Waals surface area contributed by atoms with Crippen LogP contribution >= 0.6 is 0 Å². The average molecular weight is 332 g/mol. The van der Waals surface area contributed by atoms with Crippen LogP contribution in [0.25, 0.3) is 0 Å². The number of nitrogens with one attached hydrogen (secondary N) is 1. The lowest BCUT2D eigenvalue weighted by molar-refractivity contribution is -0.122. The molecule has 0 radical (unpaired) electrons. The third kappa shape index (κ3) is 3.98. The first-order valence-electron chi connectivity index (χ1n) is 8.03. The second-order valence-corrected chi connectivity index (χ2v) is 5.93. The Morgan fingerprint density at radius 3 is 2.83 bits per heavy atom. The van der Waals surface area contributed by atoms with E-state index in [0.717, 1.165) is 16.8 Å². The van der Waals surface area contributed by atoms with Gasteiger partial charge in [-0.15, -0.1) is 0 Å². The van der Waals surface area contributed by atoms with Crippen molar-refractivity contribution < 1.29 is 14.3 Å². The molecule has 3 rings (SSSR count). The van der Waals surface area contributed by atoms with Crippen molar-refractivity contribution in [3.8, 4) is 0 Å². The third-order valence-corrected chi connectivity index (χ3v) is 4.13. The van der Waals surface area contributed by atoms with Gasteiger partial charge >= 0.3 is 0 Å². The normalized spacial score (nSPS) is 13.9. The van der Waals surface area contributed by atoms with E-state index in [9.17, 15) is 9.18 Å². The highest BCUT2D eigenvalue weighted by molar-refractivity contribution is 5.78. The van der Waals surface area contributed by atoms with Crippen molar-refractivity contribution in [2.24, 2.45) is 0 Å². The summed E-state index contributed by atoms with van der Waals surface area (Å²) < 4.78 is 14.6. The van der Waals surface area contributed by atoms with Gasteiger partial charge in [0.15, 0.2) is 0 Å². The van der Waals surface area contributed by atoms with Crippen LogP contribution in [0.3, 0.4) is 0 Å². The molecule has 2 heterocycles. The highest BCUT2D eigenvalue weighted by Crippen LogP contribution is 2.21. The van der Waals surface area contributed by atoms with E-state index in [0.29, 0.717) is 39.1 Å². The fraction of sp³-hybridized carbons (Fsp3) is 0.412. The number of rotatable bonds is 7. The van der Waals surface area contributed by atoms with Crippen LogP contribution in [0.1, 0.15) is 16.8 Å². The number of amides is 1. The summed E-state index contributed by atoms with van der Waals surface area (Å²) >= 11 is 0. The summed E-state index contributed by atoms with van der Waals surface area (Å²) in [5.41, 5.74) is 3.18. The molecule has 0 fully saturated rings. The van der Waals surface area contributed by atoms with Gasteiger partial charge in [-0.25, -0.2) is 4.39 Å². The van der Waals surface area contributed by atoms with Crippen molar-refractivity contribution in [2.75, 3.05) is 19.7 Å². The summed E-state index contributed by atoms with van der Waals surface area (Å²) in [6, 6.07) is 6.31. The Balaban J connectivity index is 1.42. The van der Waals surface area contributed by atoms with Crippen LogP contribution in [0.5, 0.6) is 0 Å². The summed E-state index contributed by atoms with van der Waals surface area (Å²) in [6.45, 7) is 2.76. The molecule has 24 heavy (non-hydrogen) atoms. The molecule has 1 aliphatic rings. The Bertz CT molecular complexity index is 699. The number of aliphatic hydroxyl groups excluding tert-OH is 1. The number of carbonyl (C=O) groups is 1. The van der Waals surface area contributed by atoms with Gasteiger partial charge in [-0.1, -0.05) is 12.1 Å². The summed E-state index contributed by atoms with van der Waals surface area (Å²) in [4.78, 5) is 14.1. The van der Waals surface area contributed by atoms with E-state index in [4.69, 9.17) is 5.11 Å². The van der Waals surface area contributed by atoms with Crippen LogP contribution in [0.4, 0.5) is 4.39 Å². The molecule has 0 unspecified atom stereocenters. The number of benzene rings is 1. The smallest absolute Gasteiger partial charge is 0.234 e. The fourth-order valence-corrected chi connectivity index (χ4v) is 2.93. The molecule has 0 bridgehead atoms. The van der Waals surface area contributed by atoms with Crippen molar-refractivity contribution in [1.29, 1.82) is 0 Å². The Morgan fingerprint density at radius 1 is 1.29 bits per heavy atom. The first kappa shape index (κ1) is 16.6. The molecule has 128 valence electrons. The Kier molecular flexibility index (Phi) is 5.22. The van der Waals surface area contributed by atoms with Gasteiger partial charge in [0.05, 0.1) is 31.6 Å². The zero-order chi connectivity index (χ0) is 16.9. The Labute approximate surface area is 139 Å². The van der Waals surface area contributed by atoms with Crippen LogP contribution in [0.15, 0.2) is 30.5 Å². The maximum Gasteiger partial charge on any atom is 0.234 e. The Hall–Kier alpha value is -2.25. The minimum atomic E-state index is -0.254. The lowest BCUT2D eigenvalue weighted by Gasteiger charge is -2.15. The average Bonchev–Trinajstić information content (AvgIpc) is 3.11. The predicted molar refractivity (Wildman–Crippen MR) is 86.5 cm³/mol. The molecule has 7 heteroatoms. The van der Waals surface area contributed by atoms with Gasteiger partial charge < -0.3 is 10.4 Å². The van der Waals surface area contributed by atoms with Crippen LogP contribution < -0.4 is 5.32 Å². The standard InChI is InChI=1S/C17H21FN4O2/c18-15-3-1-13(2-4-15)5-6-19-17(24)12-21-10-14-9-20-22(7-8-23)16(14)11-21/h1-4,9,23H,5-8,10-12H2,(H,19,24). The number of halogens is 1. The first-order chi connectivity index (χ1) is 11.7. The van der Waals surface area contributed by atoms with Crippen molar-refractivity contribution in [1.82, 2.24) is 20.0 Å². The highest BCUT2D eigenvalue weighted by atomic mass is 19.1. The molecule has 2 N–H and O–H groups in total. The zero-order valence-electron chi connectivity index (χ0n) is 13.4. The minimum Gasteiger partial charge on any atom is -0.394 e. The summed E-state index contributed by atoms with van der Waals surface area (Å²) in [6.07, 6.45) is 2.48. The molecule has 0 spiro atoms. The predicted octanol–water partition coefficient (Wildman–Crippen LogP) is 0.689. The Morgan fingerprint density at radius 2 is 2.08 bits per heavy atom. The number of hydrogen-bond donors (Lipinski definition) is 2. The van der Waals surface area contributed by atoms with Gasteiger partial charge in [0.25, 0.3) is 0 Å². The van der Waals surface area contributed by atoms with Crippen molar-refractivity contribution in [3.63, 3.8) is 0 Å². The molecule has 1 aliphatic heterocycles. The van der Waals surface area contributed by atoms with E-state index in [1.807, 2.05) is 4.90 Å². The SMILES string of the molecule is O=C(CN1Cc2cnn(CCO)c2C1)NCCc1ccc(F)cc1. The molecular formula is C17H21FN4O2. The highest BCUT2D eigenvalue weighted by Gasteiger charge is 2.24. The molecule has 2 aromatic rings. The maximum atomic E-state index is 12.8. The summed E-state index contributed by atoms with van der Waals surface area (Å²) in [5.74, 6) is -0.278. The van der Waals surface area contributed by atoms with E-state index in [1.54, 1.807) is 23.0 Å². The minimum absolute atomic E-state index is 0.0241. The van der Waals surface area contributed by atoms with E-state index >= 15 is 0 Å². The molecular weight excluding hydrogens is 311 g/mol. The van der Waals surface area contributed by atoms with Gasteiger partial charge in [-0.2, -0.15) is 5.10 Å². The van der Waals surface area contributed by atoms with Crippen LogP contribution in [0.2, 0.25) is 0 Å². The monoisotopic (exact) mass is 332 g/mol. The second-order valence-electron chi connectivity index (χ2n) is 5.93. The number of fused-ring (bicyclic) bond motifs is 1. The van der Waals surface area contributed by atoms with Gasteiger partial charge in [0.1, 0.15) is 5.82 Å². The molecule has 1 aromatic carbocycles. The summed E-state index contributed by atoms with van der Waals surface area (Å²) in [5, 5.41) is 16.2. The fourth-order valence-electron chi connectivity index (χ4n) is 2.93. The van der Waals surface area contributed by atoms with E-state index in [2.05, 4.69) is 10.4 Å². The number of carbonyl (C=O) groups excluding carboxylic acids is 1. The lowest BCUT2D eigenvalue weighted by atomic mass is 10.1. The van der Waals surface area contributed by atoms with Gasteiger partial charge in [-0.3, -0.25) is 14.4 Å². The maximum absolute atomic E-state index is 12.8. The molecule has 1 amide bonds. The van der Waals surface area contributed by atoms with Crippen LogP contribution in [-0.2, 0) is 30.8 Å². The van der Waals surface area contributed by atoms with Gasteiger partial charge in [0.2, 0.25) is 5.91 Å². The molecule has 1 aromatic heterocycles. The van der Waals surface area contributed by atoms with Gasteiger partial charge in [0, 0.05) is 25.2 Å². The number of aromatic nitrogens is 2. The third-order valence-electron chi connectivity index (χ3n) is 4.13. The van der Waals surface area contributed by atoms with Crippen molar-refractivity contribution >= 4 is 5.91 Å². The van der Waals surface area contributed by atoms with Crippen LogP contribution in [0, 0.1) is 5.82 Å². The van der Waals surface area contributed by atoms with Crippen molar-refractivity contribution in [3.05, 3.63) is 53.1 Å². The topological polar surface area (TPSA) is 70.4 Å². The van der Waals surface area contributed by atoms with E-state index in [1.165, 1.54) is 12.1 Å². The zero-order valence-corrected chi connectivity index (χ0v) is 13.4. The van der Waals surface area contributed by atoms with E-state index < -0.39 is 0 Å². The molecule has 0 saturated heterocycles. The lowest BCUT2D eigenvalue weighted by Crippen LogP contribution is -2.35. The van der Waals surface area contributed by atoms with Gasteiger partial charge in [-0.05, 0) is 24.1 Å². The number of aliphatic hydroxyl groups is 1. The molecule has 0 aliphatic carbocycles. The quantitative estimate of drug-likeness (QED) is 0.783. The number of hydrogen-bond acceptors (Lipinski definition) is 4. The second kappa shape index (κ2) is 7.55. The van der Waals surface area contributed by atoms with Crippen LogP contribution in [-0.4, -0.2) is 45.4 Å². The molecule has 0 atom stereocenters. The number of nitrogens with zero attached hydrogens (tertiary/aromatic N) is 3. The first-order valence-corrected chi connectivity index (χ1v) is 8.03. The largest absolute Gasteiger partial charge is 0.394 e. The summed E-state index contributed by atoms with van der Waals surface area (Å²) in [7, 11) is 0. The molecule has 6 nitrogen and oxygen atoms in total. The molecule has 0 saturated carbocycles. The van der Waals surface area contributed by atoms with Crippen molar-refractivity contribution in [2.45, 2.75) is 26.1 Å². The van der Waals surface area contributed by atoms with E-state index in [-0.39, 0.29) is 18.3 Å².